The van der Waals surface area contributed by atoms with Crippen LogP contribution in [0.2, 0.25) is 0 Å². The summed E-state index contributed by atoms with van der Waals surface area (Å²) in [6, 6.07) is 24.0. The van der Waals surface area contributed by atoms with Gasteiger partial charge < -0.3 is 72.8 Å². The molecule has 0 aliphatic heterocycles. The van der Waals surface area contributed by atoms with Crippen LogP contribution >= 0.6 is 11.9 Å². The molecule has 4 aromatic carbocycles. The maximum atomic E-state index is 13.6. The summed E-state index contributed by atoms with van der Waals surface area (Å²) in [7, 11) is 4.82. The maximum absolute atomic E-state index is 13.6. The van der Waals surface area contributed by atoms with Gasteiger partial charge in [-0.1, -0.05) is 57.0 Å². The SMILES string of the molecule is COCCOCCOCCOCCOCCOCCOCCOc1cc(Nc2cc(Oc3ccc(NC(=O)Nc4cc(C(C)(C)C)cc(NSC)c4OC)c4ccccc34)ccn2)cc(OC)c1. The van der Waals surface area contributed by atoms with E-state index in [2.05, 4.69) is 46.4 Å². The third-order valence-electron chi connectivity index (χ3n) is 9.89. The largest absolute Gasteiger partial charge is 0.497 e. The van der Waals surface area contributed by atoms with Gasteiger partial charge in [0, 0.05) is 60.3 Å². The molecule has 0 fully saturated rings. The van der Waals surface area contributed by atoms with Crippen LogP contribution in [-0.4, -0.2) is 131 Å². The van der Waals surface area contributed by atoms with E-state index in [1.165, 1.54) is 11.9 Å². The summed E-state index contributed by atoms with van der Waals surface area (Å²) in [5.41, 5.74) is 3.51. The number of anilines is 5. The number of ether oxygens (including phenoxy) is 11. The smallest absolute Gasteiger partial charge is 0.323 e. The van der Waals surface area contributed by atoms with Crippen LogP contribution in [0.5, 0.6) is 28.7 Å². The first-order valence-electron chi connectivity index (χ1n) is 22.4. The Morgan fingerprint density at radius 2 is 1.16 bits per heavy atom. The maximum Gasteiger partial charge on any atom is 0.323 e. The second kappa shape index (κ2) is 29.3. The molecule has 0 aliphatic carbocycles. The van der Waals surface area contributed by atoms with Crippen molar-refractivity contribution in [3.05, 3.63) is 90.6 Å². The standard InChI is InChI=1S/C50H67N5O12S/c1-50(2,3)36-30-44(48(59-6)45(31-36)55-68-7)54-49(56)53-43-12-13-46(42-11-9-8-10-41(42)43)67-38-14-15-51-47(35-38)52-37-32-39(58-5)34-40(33-37)66-29-28-65-27-26-64-25-24-63-23-22-62-21-20-61-19-18-60-17-16-57-4/h8-15,30-35,55H,16-29H2,1-7H3,(H,51,52)(H2,53,54,56). The summed E-state index contributed by atoms with van der Waals surface area (Å²) in [6.07, 6.45) is 3.60. The van der Waals surface area contributed by atoms with Crippen molar-refractivity contribution in [2.75, 3.05) is 141 Å². The molecule has 4 N–H and O–H groups in total. The molecule has 370 valence electrons. The fourth-order valence-corrected chi connectivity index (χ4v) is 6.90. The summed E-state index contributed by atoms with van der Waals surface area (Å²) < 4.78 is 65.0. The Labute approximate surface area is 404 Å². The molecular formula is C50H67N5O12S. The van der Waals surface area contributed by atoms with Crippen molar-refractivity contribution in [1.29, 1.82) is 0 Å². The summed E-state index contributed by atoms with van der Waals surface area (Å²) >= 11 is 1.45. The number of pyridine rings is 1. The number of methoxy groups -OCH3 is 3. The van der Waals surface area contributed by atoms with Gasteiger partial charge >= 0.3 is 6.03 Å². The normalized spacial score (nSPS) is 11.3. The molecule has 0 spiro atoms. The topological polar surface area (TPSA) is 180 Å². The van der Waals surface area contributed by atoms with E-state index in [9.17, 15) is 4.79 Å². The number of carbonyl (C=O) groups is 1. The Balaban J connectivity index is 1.05. The number of fused-ring (bicyclic) bond motifs is 1. The molecule has 1 heterocycles. The number of nitrogens with one attached hydrogen (secondary N) is 4. The van der Waals surface area contributed by atoms with Crippen molar-refractivity contribution in [1.82, 2.24) is 4.98 Å². The van der Waals surface area contributed by atoms with Crippen molar-refractivity contribution in [2.24, 2.45) is 0 Å². The van der Waals surface area contributed by atoms with Crippen LogP contribution in [0.4, 0.5) is 33.4 Å². The highest BCUT2D eigenvalue weighted by molar-refractivity contribution is 7.99. The molecule has 1 aromatic heterocycles. The Morgan fingerprint density at radius 1 is 0.588 bits per heavy atom. The van der Waals surface area contributed by atoms with Crippen LogP contribution in [-0.2, 0) is 38.6 Å². The molecule has 0 saturated heterocycles. The van der Waals surface area contributed by atoms with Gasteiger partial charge in [-0.2, -0.15) is 0 Å². The molecule has 17 nitrogen and oxygen atoms in total. The summed E-state index contributed by atoms with van der Waals surface area (Å²) in [4.78, 5) is 18.1. The number of hydrogen-bond donors (Lipinski definition) is 4. The number of nitrogens with zero attached hydrogens (tertiary/aromatic N) is 1. The Bertz CT molecular complexity index is 2280. The first-order chi connectivity index (χ1) is 33.1. The van der Waals surface area contributed by atoms with E-state index < -0.39 is 6.03 Å². The number of amides is 2. The predicted octanol–water partition coefficient (Wildman–Crippen LogP) is 9.54. The zero-order valence-electron chi connectivity index (χ0n) is 40.2. The molecule has 0 bridgehead atoms. The van der Waals surface area contributed by atoms with Gasteiger partial charge in [0.1, 0.15) is 35.4 Å². The van der Waals surface area contributed by atoms with Gasteiger partial charge in [-0.15, -0.1) is 0 Å². The van der Waals surface area contributed by atoms with Crippen molar-refractivity contribution < 1.29 is 56.9 Å². The van der Waals surface area contributed by atoms with Crippen LogP contribution in [0.1, 0.15) is 26.3 Å². The van der Waals surface area contributed by atoms with E-state index >= 15 is 0 Å². The predicted molar refractivity (Wildman–Crippen MR) is 268 cm³/mol. The van der Waals surface area contributed by atoms with E-state index in [0.717, 1.165) is 22.0 Å². The van der Waals surface area contributed by atoms with Crippen LogP contribution in [0.15, 0.2) is 85.1 Å². The molecule has 18 heteroatoms. The van der Waals surface area contributed by atoms with Gasteiger partial charge in [-0.05, 0) is 41.3 Å². The first kappa shape index (κ1) is 53.4. The number of rotatable bonds is 32. The number of aromatic nitrogens is 1. The molecule has 0 atom stereocenters. The number of benzene rings is 4. The quantitative estimate of drug-likeness (QED) is 0.0236. The van der Waals surface area contributed by atoms with E-state index in [4.69, 9.17) is 52.1 Å². The van der Waals surface area contributed by atoms with Gasteiger partial charge in [-0.3, -0.25) is 0 Å². The average molecular weight is 962 g/mol. The van der Waals surface area contributed by atoms with Gasteiger partial charge in [0.2, 0.25) is 0 Å². The number of hydrogen-bond acceptors (Lipinski definition) is 16. The third kappa shape index (κ3) is 18.2. The molecule has 2 amide bonds. The van der Waals surface area contributed by atoms with Crippen molar-refractivity contribution in [3.8, 4) is 28.7 Å². The lowest BCUT2D eigenvalue weighted by Crippen LogP contribution is -2.21. The third-order valence-corrected chi connectivity index (χ3v) is 10.3. The van der Waals surface area contributed by atoms with Crippen LogP contribution < -0.4 is 39.6 Å². The first-order valence-corrected chi connectivity index (χ1v) is 23.6. The van der Waals surface area contributed by atoms with Gasteiger partial charge in [-0.25, -0.2) is 9.78 Å². The number of urea groups is 1. The fourth-order valence-electron chi connectivity index (χ4n) is 6.53. The second-order valence-corrected chi connectivity index (χ2v) is 16.5. The highest BCUT2D eigenvalue weighted by Crippen LogP contribution is 2.40. The zero-order chi connectivity index (χ0) is 48.4. The Hall–Kier alpha value is -5.57. The molecule has 5 aromatic rings. The molecule has 68 heavy (non-hydrogen) atoms. The Kier molecular flexibility index (Phi) is 23.0. The minimum Gasteiger partial charge on any atom is -0.497 e. The van der Waals surface area contributed by atoms with Crippen molar-refractivity contribution in [2.45, 2.75) is 26.2 Å². The van der Waals surface area contributed by atoms with E-state index in [1.807, 2.05) is 66.9 Å². The fraction of sp³-hybridized carbons (Fsp3) is 0.440. The summed E-state index contributed by atoms with van der Waals surface area (Å²) in [6.45, 7) is 13.1. The monoisotopic (exact) mass is 961 g/mol. The number of carbonyl (C=O) groups excluding carboxylic acids is 1. The molecule has 0 aliphatic rings. The van der Waals surface area contributed by atoms with Crippen LogP contribution in [0.3, 0.4) is 0 Å². The second-order valence-electron chi connectivity index (χ2n) is 15.9. The molecular weight excluding hydrogens is 895 g/mol. The van der Waals surface area contributed by atoms with Gasteiger partial charge in [0.15, 0.2) is 5.75 Å². The van der Waals surface area contributed by atoms with Gasteiger partial charge in [0.25, 0.3) is 0 Å². The molecule has 0 unspecified atom stereocenters. The van der Waals surface area contributed by atoms with Crippen molar-refractivity contribution in [3.63, 3.8) is 0 Å². The minimum absolute atomic E-state index is 0.165. The summed E-state index contributed by atoms with van der Waals surface area (Å²) in [5.74, 6) is 3.44. The molecule has 0 radical (unpaired) electrons. The Morgan fingerprint density at radius 3 is 1.75 bits per heavy atom. The van der Waals surface area contributed by atoms with Gasteiger partial charge in [0.05, 0.1) is 117 Å². The average Bonchev–Trinajstić information content (AvgIpc) is 3.32. The van der Waals surface area contributed by atoms with Crippen molar-refractivity contribution >= 4 is 57.3 Å². The lowest BCUT2D eigenvalue weighted by atomic mass is 9.86. The lowest BCUT2D eigenvalue weighted by molar-refractivity contribution is -0.0199. The van der Waals surface area contributed by atoms with Crippen LogP contribution in [0, 0.1) is 0 Å². The molecule has 0 saturated carbocycles. The summed E-state index contributed by atoms with van der Waals surface area (Å²) in [5, 5.41) is 11.0. The minimum atomic E-state index is -0.416. The lowest BCUT2D eigenvalue weighted by Gasteiger charge is -2.24. The highest BCUT2D eigenvalue weighted by Gasteiger charge is 2.21. The highest BCUT2D eigenvalue weighted by atomic mass is 32.2. The van der Waals surface area contributed by atoms with Crippen LogP contribution in [0.25, 0.3) is 10.8 Å². The molecule has 5 rings (SSSR count). The van der Waals surface area contributed by atoms with E-state index in [0.29, 0.717) is 144 Å². The van der Waals surface area contributed by atoms with E-state index in [-0.39, 0.29) is 5.41 Å². The zero-order valence-corrected chi connectivity index (χ0v) is 41.1. The van der Waals surface area contributed by atoms with E-state index in [1.54, 1.807) is 45.7 Å².